The lowest BCUT2D eigenvalue weighted by atomic mass is 10.00. The molecule has 0 heterocycles. The van der Waals surface area contributed by atoms with Gasteiger partial charge in [-0.3, -0.25) is 0 Å². The van der Waals surface area contributed by atoms with Crippen LogP contribution in [0.2, 0.25) is 0 Å². The van der Waals surface area contributed by atoms with E-state index in [-0.39, 0.29) is 0 Å². The molecule has 0 amide bonds. The van der Waals surface area contributed by atoms with Crippen LogP contribution in [-0.2, 0) is 9.53 Å². The fourth-order valence-corrected chi connectivity index (χ4v) is 1.68. The van der Waals surface area contributed by atoms with Gasteiger partial charge in [-0.25, -0.2) is 9.18 Å². The maximum atomic E-state index is 14.1. The Morgan fingerprint density at radius 2 is 1.85 bits per heavy atom. The van der Waals surface area contributed by atoms with Gasteiger partial charge in [-0.2, -0.15) is 0 Å². The topological polar surface area (TPSA) is 26.3 Å². The Hall–Kier alpha value is -1.38. The number of methoxy groups -OCH3 is 1. The SMILES string of the molecule is COC(=O)/C=C/C(C)(F)CC/C=C(\C)CCC=C(C)C. The van der Waals surface area contributed by atoms with Crippen LogP contribution in [0.15, 0.2) is 35.5 Å². The minimum Gasteiger partial charge on any atom is -0.466 e. The summed E-state index contributed by atoms with van der Waals surface area (Å²) in [4.78, 5) is 10.9. The molecule has 0 aliphatic heterocycles. The quantitative estimate of drug-likeness (QED) is 0.359. The van der Waals surface area contributed by atoms with Crippen LogP contribution in [0.1, 0.15) is 53.4 Å². The van der Waals surface area contributed by atoms with E-state index >= 15 is 0 Å². The molecule has 1 atom stereocenters. The molecule has 1 unspecified atom stereocenters. The summed E-state index contributed by atoms with van der Waals surface area (Å²) >= 11 is 0. The van der Waals surface area contributed by atoms with E-state index in [4.69, 9.17) is 0 Å². The zero-order valence-electron chi connectivity index (χ0n) is 13.3. The highest BCUT2D eigenvalue weighted by atomic mass is 19.1. The molecule has 0 N–H and O–H groups in total. The Bertz CT molecular complexity index is 386. The molecule has 0 saturated carbocycles. The lowest BCUT2D eigenvalue weighted by Crippen LogP contribution is -2.14. The molecule has 0 aliphatic rings. The molecule has 0 aliphatic carbocycles. The first kappa shape index (κ1) is 18.6. The first-order valence-electron chi connectivity index (χ1n) is 7.02. The molecular formula is C17H27FO2. The molecule has 0 rings (SSSR count). The van der Waals surface area contributed by atoms with Crippen LogP contribution in [-0.4, -0.2) is 18.7 Å². The number of rotatable bonds is 8. The van der Waals surface area contributed by atoms with E-state index in [1.165, 1.54) is 31.3 Å². The smallest absolute Gasteiger partial charge is 0.330 e. The van der Waals surface area contributed by atoms with Crippen LogP contribution in [0.5, 0.6) is 0 Å². The normalized spacial score (nSPS) is 15.0. The van der Waals surface area contributed by atoms with Gasteiger partial charge in [0.15, 0.2) is 0 Å². The second-order valence-electron chi connectivity index (χ2n) is 5.54. The zero-order valence-corrected chi connectivity index (χ0v) is 13.3. The van der Waals surface area contributed by atoms with Crippen molar-refractivity contribution in [2.45, 2.75) is 59.0 Å². The van der Waals surface area contributed by atoms with Crippen molar-refractivity contribution >= 4 is 5.97 Å². The van der Waals surface area contributed by atoms with E-state index in [2.05, 4.69) is 37.7 Å². The number of esters is 1. The standard InChI is InChI=1S/C17H27FO2/c1-14(2)8-6-9-15(3)10-7-12-17(4,18)13-11-16(19)20-5/h8,10-11,13H,6-7,9,12H2,1-5H3/b13-11+,15-10+. The van der Waals surface area contributed by atoms with Crippen LogP contribution in [0.25, 0.3) is 0 Å². The number of carbonyl (C=O) groups excluding carboxylic acids is 1. The van der Waals surface area contributed by atoms with Crippen LogP contribution in [0.3, 0.4) is 0 Å². The van der Waals surface area contributed by atoms with Gasteiger partial charge in [-0.05, 0) is 59.5 Å². The molecule has 0 saturated heterocycles. The van der Waals surface area contributed by atoms with E-state index in [0.29, 0.717) is 12.8 Å². The van der Waals surface area contributed by atoms with Crippen molar-refractivity contribution in [1.29, 1.82) is 0 Å². The lowest BCUT2D eigenvalue weighted by Gasteiger charge is -2.14. The van der Waals surface area contributed by atoms with Crippen LogP contribution >= 0.6 is 0 Å². The molecule has 0 aromatic rings. The molecule has 0 spiro atoms. The van der Waals surface area contributed by atoms with E-state index in [9.17, 15) is 9.18 Å². The van der Waals surface area contributed by atoms with Gasteiger partial charge in [0.25, 0.3) is 0 Å². The minimum atomic E-state index is -1.48. The molecular weight excluding hydrogens is 255 g/mol. The Balaban J connectivity index is 4.16. The molecule has 0 aromatic heterocycles. The number of hydrogen-bond acceptors (Lipinski definition) is 2. The van der Waals surface area contributed by atoms with Crippen molar-refractivity contribution in [3.8, 4) is 0 Å². The summed E-state index contributed by atoms with van der Waals surface area (Å²) < 4.78 is 18.5. The highest BCUT2D eigenvalue weighted by Crippen LogP contribution is 2.20. The van der Waals surface area contributed by atoms with Gasteiger partial charge in [0.1, 0.15) is 5.67 Å². The average molecular weight is 282 g/mol. The Morgan fingerprint density at radius 1 is 1.20 bits per heavy atom. The van der Waals surface area contributed by atoms with Crippen LogP contribution in [0.4, 0.5) is 4.39 Å². The summed E-state index contributed by atoms with van der Waals surface area (Å²) in [6.45, 7) is 7.71. The summed E-state index contributed by atoms with van der Waals surface area (Å²) in [5, 5.41) is 0. The molecule has 114 valence electrons. The van der Waals surface area contributed by atoms with Gasteiger partial charge >= 0.3 is 5.97 Å². The second-order valence-corrected chi connectivity index (χ2v) is 5.54. The molecule has 20 heavy (non-hydrogen) atoms. The van der Waals surface area contributed by atoms with Gasteiger partial charge in [0.2, 0.25) is 0 Å². The lowest BCUT2D eigenvalue weighted by molar-refractivity contribution is -0.134. The molecule has 0 bridgehead atoms. The monoisotopic (exact) mass is 282 g/mol. The van der Waals surface area contributed by atoms with Gasteiger partial charge in [-0.15, -0.1) is 0 Å². The highest BCUT2D eigenvalue weighted by Gasteiger charge is 2.18. The van der Waals surface area contributed by atoms with Crippen LogP contribution < -0.4 is 0 Å². The zero-order chi connectivity index (χ0) is 15.6. The largest absolute Gasteiger partial charge is 0.466 e. The van der Waals surface area contributed by atoms with Crippen LogP contribution in [0, 0.1) is 0 Å². The average Bonchev–Trinajstić information content (AvgIpc) is 2.35. The summed E-state index contributed by atoms with van der Waals surface area (Å²) in [5.74, 6) is -0.526. The van der Waals surface area contributed by atoms with Gasteiger partial charge < -0.3 is 4.74 Å². The summed E-state index contributed by atoms with van der Waals surface area (Å²) in [6.07, 6.45) is 9.75. The van der Waals surface area contributed by atoms with Gasteiger partial charge in [0, 0.05) is 6.08 Å². The minimum absolute atomic E-state index is 0.362. The third-order valence-corrected chi connectivity index (χ3v) is 2.99. The van der Waals surface area contributed by atoms with Crippen molar-refractivity contribution in [3.63, 3.8) is 0 Å². The number of alkyl halides is 1. The number of halogens is 1. The first-order valence-corrected chi connectivity index (χ1v) is 7.02. The van der Waals surface area contributed by atoms with Crippen molar-refractivity contribution in [3.05, 3.63) is 35.5 Å². The maximum absolute atomic E-state index is 14.1. The molecule has 2 nitrogen and oxygen atoms in total. The van der Waals surface area contributed by atoms with Crippen molar-refractivity contribution in [1.82, 2.24) is 0 Å². The van der Waals surface area contributed by atoms with E-state index < -0.39 is 11.6 Å². The van der Waals surface area contributed by atoms with Crippen molar-refractivity contribution in [2.24, 2.45) is 0 Å². The predicted octanol–water partition coefficient (Wildman–Crippen LogP) is 4.92. The van der Waals surface area contributed by atoms with E-state index in [0.717, 1.165) is 18.9 Å². The van der Waals surface area contributed by atoms with Crippen molar-refractivity contribution < 1.29 is 13.9 Å². The van der Waals surface area contributed by atoms with E-state index in [1.54, 1.807) is 0 Å². The van der Waals surface area contributed by atoms with Gasteiger partial charge in [-0.1, -0.05) is 23.3 Å². The fraction of sp³-hybridized carbons (Fsp3) is 0.588. The third-order valence-electron chi connectivity index (χ3n) is 2.99. The Kier molecular flexibility index (Phi) is 8.86. The molecule has 3 heteroatoms. The maximum Gasteiger partial charge on any atom is 0.330 e. The van der Waals surface area contributed by atoms with Gasteiger partial charge in [0.05, 0.1) is 7.11 Å². The number of hydrogen-bond donors (Lipinski definition) is 0. The van der Waals surface area contributed by atoms with Crippen molar-refractivity contribution in [2.75, 3.05) is 7.11 Å². The highest BCUT2D eigenvalue weighted by molar-refractivity contribution is 5.81. The summed E-state index contributed by atoms with van der Waals surface area (Å²) in [5.41, 5.74) is 1.11. The number of ether oxygens (including phenoxy) is 1. The molecule has 0 fully saturated rings. The number of carbonyl (C=O) groups is 1. The first-order chi connectivity index (χ1) is 9.26. The van der Waals surface area contributed by atoms with E-state index in [1.807, 2.05) is 0 Å². The summed E-state index contributed by atoms with van der Waals surface area (Å²) in [6, 6.07) is 0. The Labute approximate surface area is 122 Å². The predicted molar refractivity (Wildman–Crippen MR) is 82.3 cm³/mol. The third kappa shape index (κ3) is 10.5. The summed E-state index contributed by atoms with van der Waals surface area (Å²) in [7, 11) is 1.28. The Morgan fingerprint density at radius 3 is 2.40 bits per heavy atom. The molecule has 0 aromatic carbocycles. The fourth-order valence-electron chi connectivity index (χ4n) is 1.68. The number of allylic oxidation sites excluding steroid dienone is 5. The second kappa shape index (κ2) is 9.51. The molecule has 0 radical (unpaired) electrons.